The molecule has 7 atom stereocenters. The van der Waals surface area contributed by atoms with Gasteiger partial charge in [-0.2, -0.15) is 0 Å². The Morgan fingerprint density at radius 2 is 1.79 bits per heavy atom. The molecule has 1 unspecified atom stereocenters. The summed E-state index contributed by atoms with van der Waals surface area (Å²) in [7, 11) is 0. The molecular formula is C27H42O2. The molecule has 4 rings (SSSR count). The van der Waals surface area contributed by atoms with Gasteiger partial charge in [0.05, 0.1) is 6.10 Å². The van der Waals surface area contributed by atoms with Crippen LogP contribution in [0.15, 0.2) is 23.3 Å². The molecule has 0 aliphatic heterocycles. The SMILES string of the molecule is CC(=O)C[C@@H](C)[C@]1(C)CC[C@@]2(C)C3=CCC4C(C)(C)[C@H](O)CC[C@]4(C)[C@@H]3CC=C21. The summed E-state index contributed by atoms with van der Waals surface area (Å²) in [6.07, 6.45) is 12.4. The van der Waals surface area contributed by atoms with Gasteiger partial charge in [0.15, 0.2) is 0 Å². The second kappa shape index (κ2) is 6.55. The smallest absolute Gasteiger partial charge is 0.130 e. The van der Waals surface area contributed by atoms with Crippen molar-refractivity contribution in [3.8, 4) is 0 Å². The van der Waals surface area contributed by atoms with Crippen molar-refractivity contribution in [1.29, 1.82) is 0 Å². The monoisotopic (exact) mass is 398 g/mol. The van der Waals surface area contributed by atoms with Crippen molar-refractivity contribution in [3.05, 3.63) is 23.3 Å². The van der Waals surface area contributed by atoms with E-state index >= 15 is 0 Å². The third-order valence-corrected chi connectivity index (χ3v) is 10.5. The van der Waals surface area contributed by atoms with Crippen LogP contribution in [-0.4, -0.2) is 17.0 Å². The number of allylic oxidation sites excluding steroid dienone is 4. The summed E-state index contributed by atoms with van der Waals surface area (Å²) in [6.45, 7) is 16.1. The van der Waals surface area contributed by atoms with Crippen LogP contribution in [0.2, 0.25) is 0 Å². The minimum absolute atomic E-state index is 0.0138. The Labute approximate surface area is 178 Å². The Kier molecular flexibility index (Phi) is 4.82. The third-order valence-electron chi connectivity index (χ3n) is 10.5. The fourth-order valence-electron chi connectivity index (χ4n) is 8.39. The number of carbonyl (C=O) groups excluding carboxylic acids is 1. The van der Waals surface area contributed by atoms with E-state index in [-0.39, 0.29) is 27.8 Å². The number of ketones is 1. The predicted molar refractivity (Wildman–Crippen MR) is 119 cm³/mol. The minimum atomic E-state index is -0.178. The molecular weight excluding hydrogens is 356 g/mol. The average Bonchev–Trinajstić information content (AvgIpc) is 2.91. The van der Waals surface area contributed by atoms with Gasteiger partial charge in [0.2, 0.25) is 0 Å². The number of carbonyl (C=O) groups is 1. The van der Waals surface area contributed by atoms with Crippen molar-refractivity contribution in [1.82, 2.24) is 0 Å². The van der Waals surface area contributed by atoms with Gasteiger partial charge in [-0.1, -0.05) is 64.8 Å². The summed E-state index contributed by atoms with van der Waals surface area (Å²) in [5.74, 6) is 1.88. The van der Waals surface area contributed by atoms with Crippen LogP contribution in [0.5, 0.6) is 0 Å². The molecule has 4 aliphatic carbocycles. The Morgan fingerprint density at radius 3 is 2.45 bits per heavy atom. The van der Waals surface area contributed by atoms with E-state index in [4.69, 9.17) is 0 Å². The first-order valence-corrected chi connectivity index (χ1v) is 12.0. The van der Waals surface area contributed by atoms with Crippen LogP contribution in [0.1, 0.15) is 93.4 Å². The van der Waals surface area contributed by atoms with E-state index in [9.17, 15) is 9.90 Å². The lowest BCUT2D eigenvalue weighted by Crippen LogP contribution is -2.55. The standard InChI is InChI=1S/C27H42O2/c1-17(16-18(2)28)25(5)14-15-27(7)20-8-10-21-24(3,4)23(29)12-13-26(21,6)19(20)9-11-22(25)27/h8,11,17,19,21,23,29H,9-10,12-16H2,1-7H3/t17-,19-,21?,23-,25+,26-,27+/m1/s1. The van der Waals surface area contributed by atoms with E-state index in [1.807, 2.05) is 0 Å². The molecule has 2 saturated carbocycles. The predicted octanol–water partition coefficient (Wildman–Crippen LogP) is 6.49. The number of fused-ring (bicyclic) bond motifs is 5. The number of aliphatic hydroxyl groups excluding tert-OH is 1. The molecule has 0 radical (unpaired) electrons. The quantitative estimate of drug-likeness (QED) is 0.552. The molecule has 2 nitrogen and oxygen atoms in total. The van der Waals surface area contributed by atoms with Gasteiger partial charge in [0.1, 0.15) is 5.78 Å². The molecule has 2 fully saturated rings. The molecule has 0 spiro atoms. The molecule has 29 heavy (non-hydrogen) atoms. The number of aliphatic hydroxyl groups is 1. The van der Waals surface area contributed by atoms with Gasteiger partial charge in [0, 0.05) is 11.8 Å². The van der Waals surface area contributed by atoms with Gasteiger partial charge >= 0.3 is 0 Å². The topological polar surface area (TPSA) is 37.3 Å². The zero-order valence-corrected chi connectivity index (χ0v) is 19.8. The third kappa shape index (κ3) is 2.80. The lowest BCUT2D eigenvalue weighted by molar-refractivity contribution is -0.118. The van der Waals surface area contributed by atoms with E-state index in [0.29, 0.717) is 30.0 Å². The van der Waals surface area contributed by atoms with Crippen molar-refractivity contribution in [2.75, 3.05) is 0 Å². The van der Waals surface area contributed by atoms with Gasteiger partial charge in [-0.05, 0) is 79.4 Å². The fraction of sp³-hybridized carbons (Fsp3) is 0.815. The summed E-state index contributed by atoms with van der Waals surface area (Å²) in [5.41, 5.74) is 3.89. The molecule has 0 aromatic carbocycles. The largest absolute Gasteiger partial charge is 0.393 e. The van der Waals surface area contributed by atoms with E-state index in [1.54, 1.807) is 18.1 Å². The molecule has 0 aromatic heterocycles. The highest BCUT2D eigenvalue weighted by Gasteiger charge is 2.61. The first-order chi connectivity index (χ1) is 13.4. The van der Waals surface area contributed by atoms with E-state index in [1.165, 1.54) is 12.8 Å². The van der Waals surface area contributed by atoms with E-state index < -0.39 is 0 Å². The molecule has 2 heteroatoms. The number of hydrogen-bond donors (Lipinski definition) is 1. The second-order valence-corrected chi connectivity index (χ2v) is 12.3. The van der Waals surface area contributed by atoms with Crippen LogP contribution in [0.25, 0.3) is 0 Å². The first kappa shape index (κ1) is 21.3. The summed E-state index contributed by atoms with van der Waals surface area (Å²) >= 11 is 0. The van der Waals surface area contributed by atoms with Gasteiger partial charge in [-0.15, -0.1) is 0 Å². The highest BCUT2D eigenvalue weighted by atomic mass is 16.3. The van der Waals surface area contributed by atoms with Gasteiger partial charge in [0.25, 0.3) is 0 Å². The molecule has 0 heterocycles. The zero-order valence-electron chi connectivity index (χ0n) is 19.8. The van der Waals surface area contributed by atoms with Gasteiger partial charge in [-0.3, -0.25) is 0 Å². The normalized spacial score (nSPS) is 46.7. The molecule has 162 valence electrons. The summed E-state index contributed by atoms with van der Waals surface area (Å²) < 4.78 is 0. The Hall–Kier alpha value is -0.890. The maximum atomic E-state index is 11.9. The van der Waals surface area contributed by atoms with E-state index in [0.717, 1.165) is 25.7 Å². The molecule has 1 N–H and O–H groups in total. The Balaban J connectivity index is 1.73. The van der Waals surface area contributed by atoms with Gasteiger partial charge < -0.3 is 9.90 Å². The Morgan fingerprint density at radius 1 is 1.10 bits per heavy atom. The molecule has 4 aliphatic rings. The van der Waals surface area contributed by atoms with E-state index in [2.05, 4.69) is 53.7 Å². The highest BCUT2D eigenvalue weighted by molar-refractivity contribution is 5.75. The highest BCUT2D eigenvalue weighted by Crippen LogP contribution is 2.70. The van der Waals surface area contributed by atoms with Crippen LogP contribution in [0, 0.1) is 39.4 Å². The lowest BCUT2D eigenvalue weighted by Gasteiger charge is -2.61. The molecule has 0 bridgehead atoms. The fourth-order valence-corrected chi connectivity index (χ4v) is 8.39. The van der Waals surface area contributed by atoms with Crippen molar-refractivity contribution < 1.29 is 9.90 Å². The zero-order chi connectivity index (χ0) is 21.4. The van der Waals surface area contributed by atoms with Crippen LogP contribution >= 0.6 is 0 Å². The number of hydrogen-bond acceptors (Lipinski definition) is 2. The Bertz CT molecular complexity index is 773. The van der Waals surface area contributed by atoms with Crippen LogP contribution in [0.3, 0.4) is 0 Å². The number of Topliss-reactive ketones (excluding diaryl/α,β-unsaturated/α-hetero) is 1. The molecule has 0 amide bonds. The van der Waals surface area contributed by atoms with Crippen molar-refractivity contribution in [3.63, 3.8) is 0 Å². The summed E-state index contributed by atoms with van der Waals surface area (Å²) in [4.78, 5) is 11.9. The first-order valence-electron chi connectivity index (χ1n) is 12.0. The maximum absolute atomic E-state index is 11.9. The average molecular weight is 399 g/mol. The number of rotatable bonds is 3. The van der Waals surface area contributed by atoms with Crippen LogP contribution in [-0.2, 0) is 4.79 Å². The van der Waals surface area contributed by atoms with Crippen molar-refractivity contribution in [2.24, 2.45) is 39.4 Å². The lowest BCUT2D eigenvalue weighted by atomic mass is 9.44. The van der Waals surface area contributed by atoms with Crippen molar-refractivity contribution >= 4 is 5.78 Å². The molecule has 0 saturated heterocycles. The minimum Gasteiger partial charge on any atom is -0.393 e. The summed E-state index contributed by atoms with van der Waals surface area (Å²) in [5, 5.41) is 10.7. The van der Waals surface area contributed by atoms with Crippen molar-refractivity contribution in [2.45, 2.75) is 99.5 Å². The molecule has 0 aromatic rings. The second-order valence-electron chi connectivity index (χ2n) is 12.3. The maximum Gasteiger partial charge on any atom is 0.130 e. The summed E-state index contributed by atoms with van der Waals surface area (Å²) in [6, 6.07) is 0. The van der Waals surface area contributed by atoms with Crippen LogP contribution in [0.4, 0.5) is 0 Å². The van der Waals surface area contributed by atoms with Crippen LogP contribution < -0.4 is 0 Å². The van der Waals surface area contributed by atoms with Gasteiger partial charge in [-0.25, -0.2) is 0 Å².